The molecule has 0 aliphatic carbocycles. The van der Waals surface area contributed by atoms with Crippen LogP contribution in [0.1, 0.15) is 21.5 Å². The van der Waals surface area contributed by atoms with Crippen LogP contribution in [-0.4, -0.2) is 43.2 Å². The fraction of sp³-hybridized carbons (Fsp3) is 0.143. The van der Waals surface area contributed by atoms with Crippen LogP contribution in [0.5, 0.6) is 28.7 Å². The molecule has 4 aromatic rings. The minimum Gasteiger partial charge on any atom is -0.507 e. The Morgan fingerprint density at radius 1 is 0.946 bits per heavy atom. The molecule has 0 saturated heterocycles. The number of phenols is 1. The van der Waals surface area contributed by atoms with Crippen molar-refractivity contribution in [2.45, 2.75) is 6.54 Å². The number of benzene rings is 4. The number of carbonyl (C=O) groups is 1. The molecule has 0 aromatic heterocycles. The molecule has 2 aliphatic rings. The third kappa shape index (κ3) is 3.82. The SMILES string of the molecule is COc1cc2c(O)c3c(c(-c4ccc5c(c4)OCO5)c2cc1OC)C(=O)N(N=Cc1ccc(Br)cc1)C3. The van der Waals surface area contributed by atoms with Crippen molar-refractivity contribution in [1.29, 1.82) is 0 Å². The molecule has 0 radical (unpaired) electrons. The summed E-state index contributed by atoms with van der Waals surface area (Å²) in [5.74, 6) is 1.86. The fourth-order valence-corrected chi connectivity index (χ4v) is 4.98. The highest BCUT2D eigenvalue weighted by molar-refractivity contribution is 9.10. The van der Waals surface area contributed by atoms with E-state index in [2.05, 4.69) is 21.0 Å². The van der Waals surface area contributed by atoms with Gasteiger partial charge in [-0.1, -0.05) is 34.1 Å². The van der Waals surface area contributed by atoms with E-state index in [1.54, 1.807) is 25.5 Å². The number of amides is 1. The Hall–Kier alpha value is -4.24. The third-order valence-electron chi connectivity index (χ3n) is 6.52. The lowest BCUT2D eigenvalue weighted by Gasteiger charge is -2.17. The Morgan fingerprint density at radius 3 is 2.38 bits per heavy atom. The summed E-state index contributed by atoms with van der Waals surface area (Å²) in [5, 5.41) is 18.3. The lowest BCUT2D eigenvalue weighted by atomic mass is 9.89. The van der Waals surface area contributed by atoms with Crippen molar-refractivity contribution in [3.8, 4) is 39.9 Å². The average molecular weight is 561 g/mol. The molecule has 0 unspecified atom stereocenters. The smallest absolute Gasteiger partial charge is 0.275 e. The molecule has 2 aliphatic heterocycles. The van der Waals surface area contributed by atoms with E-state index in [4.69, 9.17) is 18.9 Å². The number of fused-ring (bicyclic) bond motifs is 3. The number of rotatable bonds is 5. The summed E-state index contributed by atoms with van der Waals surface area (Å²) in [5.41, 5.74) is 3.10. The van der Waals surface area contributed by atoms with Gasteiger partial charge in [0.15, 0.2) is 23.0 Å². The molecule has 37 heavy (non-hydrogen) atoms. The summed E-state index contributed by atoms with van der Waals surface area (Å²) in [7, 11) is 3.08. The average Bonchev–Trinajstić information content (AvgIpc) is 3.52. The van der Waals surface area contributed by atoms with E-state index in [0.29, 0.717) is 50.5 Å². The highest BCUT2D eigenvalue weighted by atomic mass is 79.9. The van der Waals surface area contributed by atoms with Gasteiger partial charge >= 0.3 is 0 Å². The largest absolute Gasteiger partial charge is 0.507 e. The predicted molar refractivity (Wildman–Crippen MR) is 142 cm³/mol. The number of carbonyl (C=O) groups excluding carboxylic acids is 1. The molecule has 4 aromatic carbocycles. The van der Waals surface area contributed by atoms with Gasteiger partial charge in [0.25, 0.3) is 5.91 Å². The number of methoxy groups -OCH3 is 2. The summed E-state index contributed by atoms with van der Waals surface area (Å²) >= 11 is 3.42. The minimum atomic E-state index is -0.317. The molecule has 8 nitrogen and oxygen atoms in total. The predicted octanol–water partition coefficient (Wildman–Crippen LogP) is 5.71. The Labute approximate surface area is 220 Å². The zero-order chi connectivity index (χ0) is 25.7. The molecular formula is C28H21BrN2O6. The maximum Gasteiger partial charge on any atom is 0.275 e. The highest BCUT2D eigenvalue weighted by Gasteiger charge is 2.36. The Kier molecular flexibility index (Phi) is 5.64. The topological polar surface area (TPSA) is 89.8 Å². The maximum atomic E-state index is 13.8. The van der Waals surface area contributed by atoms with Crippen LogP contribution in [0.25, 0.3) is 21.9 Å². The first-order valence-electron chi connectivity index (χ1n) is 11.4. The summed E-state index contributed by atoms with van der Waals surface area (Å²) in [6.07, 6.45) is 1.62. The van der Waals surface area contributed by atoms with E-state index in [1.807, 2.05) is 42.5 Å². The van der Waals surface area contributed by atoms with Crippen LogP contribution in [0.15, 0.2) is 64.2 Å². The van der Waals surface area contributed by atoms with Crippen molar-refractivity contribution in [1.82, 2.24) is 5.01 Å². The Morgan fingerprint density at radius 2 is 1.65 bits per heavy atom. The second-order valence-electron chi connectivity index (χ2n) is 8.56. The van der Waals surface area contributed by atoms with Crippen LogP contribution < -0.4 is 18.9 Å². The number of hydrazone groups is 1. The number of halogens is 1. The molecule has 0 fully saturated rings. The number of hydrogen-bond acceptors (Lipinski definition) is 7. The molecule has 9 heteroatoms. The van der Waals surface area contributed by atoms with Gasteiger partial charge in [-0.25, -0.2) is 5.01 Å². The van der Waals surface area contributed by atoms with E-state index in [9.17, 15) is 9.90 Å². The molecule has 6 rings (SSSR count). The molecular weight excluding hydrogens is 540 g/mol. The van der Waals surface area contributed by atoms with Crippen molar-refractivity contribution in [3.63, 3.8) is 0 Å². The van der Waals surface area contributed by atoms with E-state index in [0.717, 1.165) is 15.6 Å². The van der Waals surface area contributed by atoms with Gasteiger partial charge in [-0.05, 0) is 52.9 Å². The van der Waals surface area contributed by atoms with E-state index in [-0.39, 0.29) is 25.0 Å². The number of aromatic hydroxyl groups is 1. The second-order valence-corrected chi connectivity index (χ2v) is 9.47. The lowest BCUT2D eigenvalue weighted by molar-refractivity contribution is 0.0785. The summed E-state index contributed by atoms with van der Waals surface area (Å²) in [6.45, 7) is 0.255. The van der Waals surface area contributed by atoms with Crippen molar-refractivity contribution in [3.05, 3.63) is 75.8 Å². The van der Waals surface area contributed by atoms with Crippen molar-refractivity contribution in [2.75, 3.05) is 21.0 Å². The van der Waals surface area contributed by atoms with Crippen LogP contribution in [0.3, 0.4) is 0 Å². The Bertz CT molecular complexity index is 1600. The summed E-state index contributed by atoms with van der Waals surface area (Å²) < 4.78 is 23.1. The number of nitrogens with zero attached hydrogens (tertiary/aromatic N) is 2. The van der Waals surface area contributed by atoms with E-state index in [1.165, 1.54) is 12.1 Å². The van der Waals surface area contributed by atoms with Gasteiger partial charge < -0.3 is 24.1 Å². The van der Waals surface area contributed by atoms with Gasteiger partial charge in [-0.15, -0.1) is 0 Å². The van der Waals surface area contributed by atoms with Crippen molar-refractivity contribution < 1.29 is 28.8 Å². The van der Waals surface area contributed by atoms with Crippen molar-refractivity contribution >= 4 is 38.8 Å². The van der Waals surface area contributed by atoms with Crippen LogP contribution >= 0.6 is 15.9 Å². The highest BCUT2D eigenvalue weighted by Crippen LogP contribution is 2.49. The van der Waals surface area contributed by atoms with Gasteiger partial charge in [0.05, 0.1) is 32.5 Å². The van der Waals surface area contributed by atoms with Crippen LogP contribution in [0.4, 0.5) is 0 Å². The molecule has 0 atom stereocenters. The zero-order valence-electron chi connectivity index (χ0n) is 19.9. The van der Waals surface area contributed by atoms with Gasteiger partial charge in [0.1, 0.15) is 5.75 Å². The first-order chi connectivity index (χ1) is 18.0. The molecule has 1 N–H and O–H groups in total. The normalized spacial score (nSPS) is 14.0. The third-order valence-corrected chi connectivity index (χ3v) is 7.05. The maximum absolute atomic E-state index is 13.8. The van der Waals surface area contributed by atoms with Gasteiger partial charge in [-0.3, -0.25) is 4.79 Å². The standard InChI is InChI=1S/C28H21BrN2O6/c1-34-22-10-18-19(11-23(22)35-2)27(32)20-13-31(30-12-15-3-6-17(29)7-4-15)28(33)26(20)25(18)16-5-8-21-24(9-16)37-14-36-21/h3-12,32H,13-14H2,1-2H3. The molecule has 1 amide bonds. The quantitative estimate of drug-likeness (QED) is 0.314. The van der Waals surface area contributed by atoms with Gasteiger partial charge in [0, 0.05) is 21.0 Å². The lowest BCUT2D eigenvalue weighted by Crippen LogP contribution is -2.18. The zero-order valence-corrected chi connectivity index (χ0v) is 21.5. The molecule has 2 heterocycles. The molecule has 186 valence electrons. The number of ether oxygens (including phenoxy) is 4. The van der Waals surface area contributed by atoms with Crippen molar-refractivity contribution in [2.24, 2.45) is 5.10 Å². The van der Waals surface area contributed by atoms with Gasteiger partial charge in [0.2, 0.25) is 6.79 Å². The van der Waals surface area contributed by atoms with Crippen LogP contribution in [-0.2, 0) is 6.54 Å². The molecule has 0 saturated carbocycles. The molecule has 0 bridgehead atoms. The number of phenolic OH excluding ortho intramolecular Hbond substituents is 1. The van der Waals surface area contributed by atoms with E-state index >= 15 is 0 Å². The Balaban J connectivity index is 1.56. The first-order valence-corrected chi connectivity index (χ1v) is 12.2. The first kappa shape index (κ1) is 23.2. The fourth-order valence-electron chi connectivity index (χ4n) is 4.72. The summed E-state index contributed by atoms with van der Waals surface area (Å²) in [4.78, 5) is 13.8. The van der Waals surface area contributed by atoms with Crippen LogP contribution in [0.2, 0.25) is 0 Å². The minimum absolute atomic E-state index is 0.00476. The monoisotopic (exact) mass is 560 g/mol. The summed E-state index contributed by atoms with van der Waals surface area (Å²) in [6, 6.07) is 16.6. The molecule has 0 spiro atoms. The van der Waals surface area contributed by atoms with E-state index < -0.39 is 0 Å². The second kappa shape index (κ2) is 9.01. The van der Waals surface area contributed by atoms with Gasteiger partial charge in [-0.2, -0.15) is 5.10 Å². The van der Waals surface area contributed by atoms with Crippen LogP contribution in [0, 0.1) is 0 Å². The number of hydrogen-bond donors (Lipinski definition) is 1.